The van der Waals surface area contributed by atoms with Crippen LogP contribution in [0.5, 0.6) is 0 Å². The van der Waals surface area contributed by atoms with Crippen molar-refractivity contribution < 1.29 is 5.11 Å². The number of aliphatic hydroxyl groups excluding tert-OH is 1. The Morgan fingerprint density at radius 2 is 2.11 bits per heavy atom. The van der Waals surface area contributed by atoms with Crippen LogP contribution in [-0.2, 0) is 13.2 Å². The molecule has 1 heterocycles. The summed E-state index contributed by atoms with van der Waals surface area (Å²) in [4.78, 5) is 6.14. The number of rotatable bonds is 4. The first-order valence-electron chi connectivity index (χ1n) is 5.70. The number of hydrogen-bond acceptors (Lipinski definition) is 3. The van der Waals surface area contributed by atoms with Crippen LogP contribution in [0.4, 0.5) is 5.69 Å². The van der Waals surface area contributed by atoms with Gasteiger partial charge < -0.3 is 10.0 Å². The zero-order valence-electron chi connectivity index (χ0n) is 10.2. The van der Waals surface area contributed by atoms with Crippen molar-refractivity contribution in [3.8, 4) is 0 Å². The predicted molar refractivity (Wildman–Crippen MR) is 73.7 cm³/mol. The normalized spacial score (nSPS) is 10.4. The molecule has 0 aliphatic heterocycles. The van der Waals surface area contributed by atoms with E-state index in [1.165, 1.54) is 0 Å². The molecule has 3 nitrogen and oxygen atoms in total. The summed E-state index contributed by atoms with van der Waals surface area (Å²) >= 11 is 6.20. The van der Waals surface area contributed by atoms with Gasteiger partial charge in [0.2, 0.25) is 0 Å². The summed E-state index contributed by atoms with van der Waals surface area (Å²) in [5.41, 5.74) is 2.89. The molecule has 0 saturated heterocycles. The Hall–Kier alpha value is -1.58. The Labute approximate surface area is 112 Å². The second-order valence-corrected chi connectivity index (χ2v) is 4.57. The second kappa shape index (κ2) is 5.85. The number of halogens is 1. The van der Waals surface area contributed by atoms with Gasteiger partial charge in [0.25, 0.3) is 0 Å². The molecule has 0 saturated carbocycles. The van der Waals surface area contributed by atoms with E-state index in [1.807, 2.05) is 37.5 Å². The van der Waals surface area contributed by atoms with Crippen molar-refractivity contribution in [1.82, 2.24) is 4.98 Å². The predicted octanol–water partition coefficient (Wildman–Crippen LogP) is 2.86. The summed E-state index contributed by atoms with van der Waals surface area (Å²) in [6.45, 7) is 0.748. The minimum Gasteiger partial charge on any atom is -0.392 e. The van der Waals surface area contributed by atoms with Crippen LogP contribution in [0.1, 0.15) is 11.1 Å². The van der Waals surface area contributed by atoms with Crippen LogP contribution in [0.15, 0.2) is 42.7 Å². The van der Waals surface area contributed by atoms with E-state index in [-0.39, 0.29) is 6.61 Å². The number of aliphatic hydroxyl groups is 1. The lowest BCUT2D eigenvalue weighted by Crippen LogP contribution is -2.16. The fourth-order valence-electron chi connectivity index (χ4n) is 1.81. The van der Waals surface area contributed by atoms with Crippen LogP contribution in [0.3, 0.4) is 0 Å². The molecule has 94 valence electrons. The number of hydrogen-bond donors (Lipinski definition) is 1. The fourth-order valence-corrected chi connectivity index (χ4v) is 2.16. The maximum atomic E-state index is 9.05. The summed E-state index contributed by atoms with van der Waals surface area (Å²) in [6, 6.07) is 9.53. The maximum Gasteiger partial charge on any atom is 0.0682 e. The highest BCUT2D eigenvalue weighted by Gasteiger charge is 2.07. The van der Waals surface area contributed by atoms with Gasteiger partial charge in [0, 0.05) is 26.0 Å². The van der Waals surface area contributed by atoms with Crippen molar-refractivity contribution in [3.05, 3.63) is 58.9 Å². The summed E-state index contributed by atoms with van der Waals surface area (Å²) in [5.74, 6) is 0. The van der Waals surface area contributed by atoms with Crippen LogP contribution >= 0.6 is 11.6 Å². The smallest absolute Gasteiger partial charge is 0.0682 e. The minimum atomic E-state index is 0.00627. The molecule has 2 rings (SSSR count). The molecular formula is C14H15ClN2O. The van der Waals surface area contributed by atoms with Crippen LogP contribution in [0, 0.1) is 0 Å². The molecule has 0 radical (unpaired) electrons. The standard InChI is InChI=1S/C14H15ClN2O/c1-17(9-12-3-2-6-16-8-12)14-5-4-11(10-18)7-13(14)15/h2-8,18H,9-10H2,1H3. The van der Waals surface area contributed by atoms with E-state index < -0.39 is 0 Å². The lowest BCUT2D eigenvalue weighted by molar-refractivity contribution is 0.282. The molecular weight excluding hydrogens is 248 g/mol. The number of benzene rings is 1. The molecule has 4 heteroatoms. The van der Waals surface area contributed by atoms with E-state index in [0.29, 0.717) is 5.02 Å². The van der Waals surface area contributed by atoms with E-state index in [2.05, 4.69) is 9.88 Å². The van der Waals surface area contributed by atoms with Gasteiger partial charge in [0.15, 0.2) is 0 Å². The largest absolute Gasteiger partial charge is 0.392 e. The lowest BCUT2D eigenvalue weighted by Gasteiger charge is -2.21. The number of anilines is 1. The molecule has 0 aliphatic rings. The average molecular weight is 263 g/mol. The zero-order valence-corrected chi connectivity index (χ0v) is 10.9. The Kier molecular flexibility index (Phi) is 4.18. The van der Waals surface area contributed by atoms with Gasteiger partial charge in [0.1, 0.15) is 0 Å². The molecule has 1 N–H and O–H groups in total. The quantitative estimate of drug-likeness (QED) is 0.921. The summed E-state index contributed by atoms with van der Waals surface area (Å²) in [6.07, 6.45) is 3.60. The second-order valence-electron chi connectivity index (χ2n) is 4.16. The molecule has 0 unspecified atom stereocenters. The minimum absolute atomic E-state index is 0.00627. The first-order chi connectivity index (χ1) is 8.70. The van der Waals surface area contributed by atoms with Crippen LogP contribution in [0.25, 0.3) is 0 Å². The van der Waals surface area contributed by atoms with Crippen LogP contribution in [0.2, 0.25) is 5.02 Å². The zero-order chi connectivity index (χ0) is 13.0. The summed E-state index contributed by atoms with van der Waals surface area (Å²) < 4.78 is 0. The molecule has 0 amide bonds. The molecule has 0 bridgehead atoms. The third kappa shape index (κ3) is 3.00. The van der Waals surface area contributed by atoms with Crippen molar-refractivity contribution >= 4 is 17.3 Å². The highest BCUT2D eigenvalue weighted by atomic mass is 35.5. The number of aromatic nitrogens is 1. The average Bonchev–Trinajstić information content (AvgIpc) is 2.39. The SMILES string of the molecule is CN(Cc1cccnc1)c1ccc(CO)cc1Cl. The van der Waals surface area contributed by atoms with Gasteiger partial charge in [-0.05, 0) is 29.3 Å². The van der Waals surface area contributed by atoms with Crippen molar-refractivity contribution in [2.24, 2.45) is 0 Å². The molecule has 1 aromatic carbocycles. The first-order valence-corrected chi connectivity index (χ1v) is 6.08. The van der Waals surface area contributed by atoms with Gasteiger partial charge in [-0.15, -0.1) is 0 Å². The number of nitrogens with zero attached hydrogens (tertiary/aromatic N) is 2. The van der Waals surface area contributed by atoms with Crippen LogP contribution in [-0.4, -0.2) is 17.1 Å². The topological polar surface area (TPSA) is 36.4 Å². The molecule has 1 aromatic heterocycles. The van der Waals surface area contributed by atoms with Crippen molar-refractivity contribution in [2.45, 2.75) is 13.2 Å². The van der Waals surface area contributed by atoms with Gasteiger partial charge in [-0.3, -0.25) is 4.98 Å². The Balaban J connectivity index is 2.16. The van der Waals surface area contributed by atoms with Crippen molar-refractivity contribution in [2.75, 3.05) is 11.9 Å². The Bertz CT molecular complexity index is 516. The lowest BCUT2D eigenvalue weighted by atomic mass is 10.2. The highest BCUT2D eigenvalue weighted by Crippen LogP contribution is 2.27. The Morgan fingerprint density at radius 3 is 2.72 bits per heavy atom. The van der Waals surface area contributed by atoms with Gasteiger partial charge in [0.05, 0.1) is 17.3 Å². The van der Waals surface area contributed by atoms with E-state index in [9.17, 15) is 0 Å². The van der Waals surface area contributed by atoms with Crippen LogP contribution < -0.4 is 4.90 Å². The van der Waals surface area contributed by atoms with Gasteiger partial charge in [-0.2, -0.15) is 0 Å². The van der Waals surface area contributed by atoms with Crippen molar-refractivity contribution in [3.63, 3.8) is 0 Å². The van der Waals surface area contributed by atoms with Gasteiger partial charge in [-0.1, -0.05) is 23.7 Å². The molecule has 18 heavy (non-hydrogen) atoms. The van der Waals surface area contributed by atoms with Gasteiger partial charge in [-0.25, -0.2) is 0 Å². The Morgan fingerprint density at radius 1 is 1.28 bits per heavy atom. The van der Waals surface area contributed by atoms with E-state index >= 15 is 0 Å². The fraction of sp³-hybridized carbons (Fsp3) is 0.214. The molecule has 2 aromatic rings. The van der Waals surface area contributed by atoms with E-state index in [1.54, 1.807) is 12.3 Å². The first kappa shape index (κ1) is 12.9. The molecule has 0 fully saturated rings. The monoisotopic (exact) mass is 262 g/mol. The van der Waals surface area contributed by atoms with Gasteiger partial charge >= 0.3 is 0 Å². The highest BCUT2D eigenvalue weighted by molar-refractivity contribution is 6.33. The number of pyridine rings is 1. The van der Waals surface area contributed by atoms with Crippen molar-refractivity contribution in [1.29, 1.82) is 0 Å². The molecule has 0 aliphatic carbocycles. The third-order valence-electron chi connectivity index (χ3n) is 2.75. The summed E-state index contributed by atoms with van der Waals surface area (Å²) in [7, 11) is 1.98. The van der Waals surface area contributed by atoms with E-state index in [0.717, 1.165) is 23.4 Å². The summed E-state index contributed by atoms with van der Waals surface area (Å²) in [5, 5.41) is 9.69. The third-order valence-corrected chi connectivity index (χ3v) is 3.05. The van der Waals surface area contributed by atoms with E-state index in [4.69, 9.17) is 16.7 Å². The maximum absolute atomic E-state index is 9.05. The molecule has 0 spiro atoms. The molecule has 0 atom stereocenters.